The molecule has 4 rings (SSSR count). The van der Waals surface area contributed by atoms with Gasteiger partial charge in [0.15, 0.2) is 0 Å². The van der Waals surface area contributed by atoms with Gasteiger partial charge in [-0.3, -0.25) is 4.79 Å². The smallest absolute Gasteiger partial charge is 0.224 e. The molecule has 5 heteroatoms. The number of benzene rings is 1. The summed E-state index contributed by atoms with van der Waals surface area (Å²) in [6.07, 6.45) is 5.31. The third-order valence-electron chi connectivity index (χ3n) is 6.04. The summed E-state index contributed by atoms with van der Waals surface area (Å²) in [6, 6.07) is 8.25. The zero-order chi connectivity index (χ0) is 16.7. The van der Waals surface area contributed by atoms with Gasteiger partial charge in [0.05, 0.1) is 17.0 Å². The molecular weight excluding hydrogens is 300 g/mol. The zero-order valence-electron chi connectivity index (χ0n) is 14.2. The van der Waals surface area contributed by atoms with Crippen LogP contribution in [0, 0.1) is 17.8 Å². The molecule has 1 amide bonds. The molecule has 0 saturated heterocycles. The Balaban J connectivity index is 1.30. The predicted octanol–water partition coefficient (Wildman–Crippen LogP) is 2.00. The lowest BCUT2D eigenvalue weighted by Crippen LogP contribution is -2.45. The highest BCUT2D eigenvalue weighted by atomic mass is 16.1. The van der Waals surface area contributed by atoms with Gasteiger partial charge in [0.1, 0.15) is 5.82 Å². The highest BCUT2D eigenvalue weighted by molar-refractivity contribution is 5.80. The lowest BCUT2D eigenvalue weighted by molar-refractivity contribution is -0.127. The van der Waals surface area contributed by atoms with Crippen molar-refractivity contribution in [3.8, 4) is 0 Å². The number of nitrogens with one attached hydrogen (secondary N) is 1. The molecule has 24 heavy (non-hydrogen) atoms. The predicted molar refractivity (Wildman–Crippen MR) is 94.3 cm³/mol. The summed E-state index contributed by atoms with van der Waals surface area (Å²) in [6.45, 7) is 0.697. The number of imidazole rings is 1. The van der Waals surface area contributed by atoms with Crippen LogP contribution in [0.3, 0.4) is 0 Å². The molecule has 2 aliphatic rings. The molecule has 0 aliphatic heterocycles. The molecule has 2 fully saturated rings. The third kappa shape index (κ3) is 2.61. The Hall–Kier alpha value is -1.88. The van der Waals surface area contributed by atoms with Gasteiger partial charge < -0.3 is 15.6 Å². The van der Waals surface area contributed by atoms with Gasteiger partial charge in [-0.15, -0.1) is 0 Å². The molecule has 4 atom stereocenters. The number of hydrogen-bond donors (Lipinski definition) is 2. The van der Waals surface area contributed by atoms with Crippen molar-refractivity contribution in [1.82, 2.24) is 14.9 Å². The van der Waals surface area contributed by atoms with E-state index in [-0.39, 0.29) is 17.9 Å². The van der Waals surface area contributed by atoms with Crippen LogP contribution in [0.15, 0.2) is 24.3 Å². The van der Waals surface area contributed by atoms with Crippen molar-refractivity contribution in [2.75, 3.05) is 6.54 Å². The van der Waals surface area contributed by atoms with E-state index in [1.54, 1.807) is 0 Å². The number of nitrogens with two attached hydrogens (primary N) is 1. The summed E-state index contributed by atoms with van der Waals surface area (Å²) in [5.74, 6) is 2.37. The number of nitrogens with zero attached hydrogens (tertiary/aromatic N) is 2. The Morgan fingerprint density at radius 2 is 2.12 bits per heavy atom. The second-order valence-corrected chi connectivity index (χ2v) is 7.41. The van der Waals surface area contributed by atoms with Gasteiger partial charge in [0.25, 0.3) is 0 Å². The van der Waals surface area contributed by atoms with Gasteiger partial charge in [-0.25, -0.2) is 4.98 Å². The molecule has 2 aromatic rings. The van der Waals surface area contributed by atoms with Crippen LogP contribution in [0.25, 0.3) is 11.0 Å². The van der Waals surface area contributed by atoms with Crippen molar-refractivity contribution in [1.29, 1.82) is 0 Å². The van der Waals surface area contributed by atoms with Gasteiger partial charge in [0, 0.05) is 26.1 Å². The van der Waals surface area contributed by atoms with E-state index in [1.165, 1.54) is 12.8 Å². The fourth-order valence-electron chi connectivity index (χ4n) is 4.72. The summed E-state index contributed by atoms with van der Waals surface area (Å²) in [5, 5.41) is 3.11. The van der Waals surface area contributed by atoms with E-state index in [2.05, 4.69) is 28.0 Å². The number of amides is 1. The molecule has 128 valence electrons. The molecule has 1 heterocycles. The van der Waals surface area contributed by atoms with Gasteiger partial charge >= 0.3 is 0 Å². The van der Waals surface area contributed by atoms with Crippen molar-refractivity contribution in [3.63, 3.8) is 0 Å². The van der Waals surface area contributed by atoms with E-state index in [9.17, 15) is 4.79 Å². The van der Waals surface area contributed by atoms with Gasteiger partial charge in [-0.05, 0) is 49.7 Å². The Morgan fingerprint density at radius 3 is 2.88 bits per heavy atom. The fraction of sp³-hybridized carbons (Fsp3) is 0.579. The Labute approximate surface area is 142 Å². The molecular formula is C19H26N4O. The fourth-order valence-corrected chi connectivity index (χ4v) is 4.72. The SMILES string of the molecule is Cn1c(CCCNC(=O)C2C3CCC(C3)C2N)nc2ccccc21. The molecule has 2 saturated carbocycles. The Kier molecular flexibility index (Phi) is 4.04. The standard InChI is InChI=1S/C19H26N4O/c1-23-15-6-3-2-5-14(15)22-16(23)7-4-10-21-19(24)17-12-8-9-13(11-12)18(17)20/h2-3,5-6,12-13,17-18H,4,7-11,20H2,1H3,(H,21,24). The van der Waals surface area contributed by atoms with E-state index >= 15 is 0 Å². The molecule has 1 aromatic heterocycles. The first-order chi connectivity index (χ1) is 11.6. The van der Waals surface area contributed by atoms with Crippen molar-refractivity contribution in [3.05, 3.63) is 30.1 Å². The van der Waals surface area contributed by atoms with Gasteiger partial charge in [-0.2, -0.15) is 0 Å². The molecule has 0 radical (unpaired) electrons. The van der Waals surface area contributed by atoms with Crippen LogP contribution < -0.4 is 11.1 Å². The van der Waals surface area contributed by atoms with Crippen LogP contribution in [0.2, 0.25) is 0 Å². The van der Waals surface area contributed by atoms with Crippen molar-refractivity contribution < 1.29 is 4.79 Å². The molecule has 4 unspecified atom stereocenters. The lowest BCUT2D eigenvalue weighted by atomic mass is 9.84. The van der Waals surface area contributed by atoms with Crippen LogP contribution in [0.4, 0.5) is 0 Å². The largest absolute Gasteiger partial charge is 0.356 e. The third-order valence-corrected chi connectivity index (χ3v) is 6.04. The normalized spacial score (nSPS) is 28.6. The first kappa shape index (κ1) is 15.6. The molecule has 5 nitrogen and oxygen atoms in total. The minimum atomic E-state index is 0.0412. The number of rotatable bonds is 5. The Morgan fingerprint density at radius 1 is 1.33 bits per heavy atom. The van der Waals surface area contributed by atoms with Crippen molar-refractivity contribution in [2.24, 2.45) is 30.5 Å². The van der Waals surface area contributed by atoms with Crippen LogP contribution in [0.1, 0.15) is 31.5 Å². The number of fused-ring (bicyclic) bond motifs is 3. The quantitative estimate of drug-likeness (QED) is 0.825. The Bertz CT molecular complexity index is 751. The van der Waals surface area contributed by atoms with Crippen LogP contribution >= 0.6 is 0 Å². The summed E-state index contributed by atoms with van der Waals surface area (Å²) in [7, 11) is 2.05. The molecule has 1 aromatic carbocycles. The van der Waals surface area contributed by atoms with Crippen LogP contribution in [0.5, 0.6) is 0 Å². The number of para-hydroxylation sites is 2. The summed E-state index contributed by atoms with van der Waals surface area (Å²) in [4.78, 5) is 17.1. The minimum Gasteiger partial charge on any atom is -0.356 e. The number of aromatic nitrogens is 2. The monoisotopic (exact) mass is 326 g/mol. The molecule has 3 N–H and O–H groups in total. The zero-order valence-corrected chi connectivity index (χ0v) is 14.2. The first-order valence-corrected chi connectivity index (χ1v) is 9.09. The number of aryl methyl sites for hydroxylation is 2. The van der Waals surface area contributed by atoms with E-state index in [0.717, 1.165) is 36.1 Å². The van der Waals surface area contributed by atoms with E-state index in [0.29, 0.717) is 18.4 Å². The maximum Gasteiger partial charge on any atom is 0.224 e. The van der Waals surface area contributed by atoms with Gasteiger partial charge in [-0.1, -0.05) is 12.1 Å². The minimum absolute atomic E-state index is 0.0412. The summed E-state index contributed by atoms with van der Waals surface area (Å²) in [5.41, 5.74) is 8.44. The highest BCUT2D eigenvalue weighted by Crippen LogP contribution is 2.47. The molecule has 2 bridgehead atoms. The van der Waals surface area contributed by atoms with Crippen LogP contribution in [-0.4, -0.2) is 28.0 Å². The van der Waals surface area contributed by atoms with E-state index < -0.39 is 0 Å². The number of carbonyl (C=O) groups excluding carboxylic acids is 1. The first-order valence-electron chi connectivity index (χ1n) is 9.09. The van der Waals surface area contributed by atoms with E-state index in [1.807, 2.05) is 18.2 Å². The second-order valence-electron chi connectivity index (χ2n) is 7.41. The highest BCUT2D eigenvalue weighted by Gasteiger charge is 2.48. The maximum atomic E-state index is 12.5. The van der Waals surface area contributed by atoms with Crippen LogP contribution in [-0.2, 0) is 18.3 Å². The van der Waals surface area contributed by atoms with Crippen molar-refractivity contribution >= 4 is 16.9 Å². The summed E-state index contributed by atoms with van der Waals surface area (Å²) < 4.78 is 2.14. The average Bonchev–Trinajstić information content (AvgIpc) is 3.26. The number of hydrogen-bond acceptors (Lipinski definition) is 3. The van der Waals surface area contributed by atoms with Crippen molar-refractivity contribution in [2.45, 2.75) is 38.1 Å². The second kappa shape index (κ2) is 6.20. The van der Waals surface area contributed by atoms with Gasteiger partial charge in [0.2, 0.25) is 5.91 Å². The lowest BCUT2D eigenvalue weighted by Gasteiger charge is -2.27. The molecule has 0 spiro atoms. The average molecular weight is 326 g/mol. The number of carbonyl (C=O) groups is 1. The topological polar surface area (TPSA) is 72.9 Å². The maximum absolute atomic E-state index is 12.5. The van der Waals surface area contributed by atoms with E-state index in [4.69, 9.17) is 5.73 Å². The molecule has 2 aliphatic carbocycles. The summed E-state index contributed by atoms with van der Waals surface area (Å²) >= 11 is 0.